The van der Waals surface area contributed by atoms with Crippen LogP contribution in [0.5, 0.6) is 0 Å². The largest absolute Gasteiger partial charge is 0.459 e. The van der Waals surface area contributed by atoms with Crippen LogP contribution in [0.1, 0.15) is 28.9 Å². The van der Waals surface area contributed by atoms with Crippen LogP contribution in [0.15, 0.2) is 79.1 Å². The number of nitrogens with zero attached hydrogens (tertiary/aromatic N) is 4. The molecule has 0 bridgehead atoms. The van der Waals surface area contributed by atoms with E-state index in [2.05, 4.69) is 20.6 Å². The van der Waals surface area contributed by atoms with Crippen LogP contribution in [0.4, 0.5) is 10.1 Å². The molecule has 0 saturated carbocycles. The third kappa shape index (κ3) is 6.03. The summed E-state index contributed by atoms with van der Waals surface area (Å²) >= 11 is 0. The van der Waals surface area contributed by atoms with Crippen LogP contribution in [-0.2, 0) is 16.1 Å². The molecule has 42 heavy (non-hydrogen) atoms. The van der Waals surface area contributed by atoms with Crippen LogP contribution in [0, 0.1) is 12.7 Å². The number of aromatic nitrogens is 4. The number of hydrogen-bond donors (Lipinski definition) is 2. The maximum absolute atomic E-state index is 14.4. The zero-order valence-corrected chi connectivity index (χ0v) is 23.0. The highest BCUT2D eigenvalue weighted by molar-refractivity contribution is 5.98. The van der Waals surface area contributed by atoms with Crippen molar-refractivity contribution in [1.82, 2.24) is 25.1 Å². The van der Waals surface area contributed by atoms with Crippen molar-refractivity contribution in [2.75, 3.05) is 18.4 Å². The van der Waals surface area contributed by atoms with Crippen molar-refractivity contribution in [2.45, 2.75) is 32.4 Å². The third-order valence-electron chi connectivity index (χ3n) is 7.11. The molecule has 1 amide bonds. The van der Waals surface area contributed by atoms with Crippen molar-refractivity contribution >= 4 is 28.5 Å². The molecule has 3 aromatic heterocycles. The number of aryl methyl sites for hydroxylation is 1. The lowest BCUT2D eigenvalue weighted by atomic mass is 10.0. The van der Waals surface area contributed by atoms with Gasteiger partial charge in [0.1, 0.15) is 24.2 Å². The molecule has 0 unspecified atom stereocenters. The summed E-state index contributed by atoms with van der Waals surface area (Å²) in [7, 11) is 0. The first-order valence-electron chi connectivity index (χ1n) is 13.8. The maximum Gasteiger partial charge on any atom is 0.338 e. The van der Waals surface area contributed by atoms with E-state index in [4.69, 9.17) is 9.84 Å². The van der Waals surface area contributed by atoms with Crippen LogP contribution in [-0.4, -0.2) is 50.8 Å². The van der Waals surface area contributed by atoms with Crippen LogP contribution >= 0.6 is 0 Å². The Morgan fingerprint density at radius 1 is 1.05 bits per heavy atom. The molecule has 1 aliphatic heterocycles. The molecule has 2 aromatic carbocycles. The van der Waals surface area contributed by atoms with Gasteiger partial charge in [-0.05, 0) is 80.9 Å². The van der Waals surface area contributed by atoms with Gasteiger partial charge in [0, 0.05) is 34.7 Å². The smallest absolute Gasteiger partial charge is 0.338 e. The molecule has 0 atom stereocenters. The maximum atomic E-state index is 14.4. The molecule has 4 heterocycles. The predicted octanol–water partition coefficient (Wildman–Crippen LogP) is 5.16. The first-order valence-corrected chi connectivity index (χ1v) is 13.8. The topological polar surface area (TPSA) is 111 Å². The summed E-state index contributed by atoms with van der Waals surface area (Å²) in [4.78, 5) is 34.9. The number of esters is 1. The molecule has 1 fully saturated rings. The lowest BCUT2D eigenvalue weighted by Gasteiger charge is -2.22. The molecular formula is C32H29FN6O3. The van der Waals surface area contributed by atoms with Gasteiger partial charge in [0.15, 0.2) is 0 Å². The first-order chi connectivity index (χ1) is 20.4. The lowest BCUT2D eigenvalue weighted by Crippen LogP contribution is -2.33. The number of hydrogen-bond acceptors (Lipinski definition) is 7. The van der Waals surface area contributed by atoms with Crippen molar-refractivity contribution in [1.29, 1.82) is 0 Å². The zero-order valence-electron chi connectivity index (χ0n) is 23.0. The van der Waals surface area contributed by atoms with E-state index < -0.39 is 17.7 Å². The van der Waals surface area contributed by atoms with Gasteiger partial charge in [-0.15, -0.1) is 0 Å². The summed E-state index contributed by atoms with van der Waals surface area (Å²) in [5.74, 6) is -1.70. The van der Waals surface area contributed by atoms with E-state index in [9.17, 15) is 14.0 Å². The van der Waals surface area contributed by atoms with Gasteiger partial charge in [-0.25, -0.2) is 9.18 Å². The summed E-state index contributed by atoms with van der Waals surface area (Å²) in [6.45, 7) is 3.28. The van der Waals surface area contributed by atoms with E-state index in [1.807, 2.05) is 55.5 Å². The number of piperidine rings is 1. The highest BCUT2D eigenvalue weighted by Crippen LogP contribution is 2.34. The van der Waals surface area contributed by atoms with Gasteiger partial charge in [0.05, 0.1) is 16.8 Å². The second-order valence-electron chi connectivity index (χ2n) is 10.3. The zero-order chi connectivity index (χ0) is 29.1. The van der Waals surface area contributed by atoms with Gasteiger partial charge in [-0.2, -0.15) is 5.10 Å². The Balaban J connectivity index is 1.26. The molecule has 0 radical (unpaired) electrons. The molecule has 1 saturated heterocycles. The molecule has 212 valence electrons. The molecule has 0 aliphatic carbocycles. The van der Waals surface area contributed by atoms with E-state index in [1.54, 1.807) is 12.4 Å². The summed E-state index contributed by atoms with van der Waals surface area (Å²) in [5.41, 5.74) is 4.88. The fourth-order valence-corrected chi connectivity index (χ4v) is 5.15. The van der Waals surface area contributed by atoms with Crippen molar-refractivity contribution in [2.24, 2.45) is 0 Å². The van der Waals surface area contributed by atoms with Crippen LogP contribution in [0.3, 0.4) is 0 Å². The monoisotopic (exact) mass is 564 g/mol. The van der Waals surface area contributed by atoms with E-state index in [0.29, 0.717) is 24.2 Å². The molecule has 9 nitrogen and oxygen atoms in total. The Hall–Kier alpha value is -4.96. The quantitative estimate of drug-likeness (QED) is 0.263. The standard InChI is InChI=1S/C32H29FN6O3/c1-20-5-4-8-29(36-20)31-27(25-11-14-35-28-7-3-2-6-26(25)28)18-39(38-31)19-30(40)37-23-16-21(15-22(33)17-23)32(41)42-24-9-12-34-13-10-24/h2-8,11,14-18,24,34H,9-10,12-13,19H2,1H3,(H,37,40). The van der Waals surface area contributed by atoms with Gasteiger partial charge in [0.2, 0.25) is 5.91 Å². The van der Waals surface area contributed by atoms with Gasteiger partial charge in [-0.3, -0.25) is 19.4 Å². The number of nitrogens with one attached hydrogen (secondary N) is 2. The molecule has 10 heteroatoms. The summed E-state index contributed by atoms with van der Waals surface area (Å²) in [5, 5.41) is 11.6. The van der Waals surface area contributed by atoms with E-state index >= 15 is 0 Å². The Morgan fingerprint density at radius 2 is 1.88 bits per heavy atom. The number of amides is 1. The number of anilines is 1. The summed E-state index contributed by atoms with van der Waals surface area (Å²) < 4.78 is 21.5. The molecule has 5 aromatic rings. The number of ether oxygens (including phenoxy) is 1. The Morgan fingerprint density at radius 3 is 2.71 bits per heavy atom. The number of carbonyl (C=O) groups excluding carboxylic acids is 2. The van der Waals surface area contributed by atoms with Gasteiger partial charge in [0.25, 0.3) is 0 Å². The molecule has 6 rings (SSSR count). The third-order valence-corrected chi connectivity index (χ3v) is 7.11. The van der Waals surface area contributed by atoms with E-state index in [0.717, 1.165) is 46.9 Å². The molecular weight excluding hydrogens is 535 g/mol. The highest BCUT2D eigenvalue weighted by atomic mass is 19.1. The van der Waals surface area contributed by atoms with Crippen molar-refractivity contribution in [3.05, 3.63) is 96.2 Å². The number of para-hydroxylation sites is 1. The van der Waals surface area contributed by atoms with Gasteiger partial charge in [-0.1, -0.05) is 24.3 Å². The van der Waals surface area contributed by atoms with Crippen LogP contribution < -0.4 is 10.6 Å². The molecule has 2 N–H and O–H groups in total. The minimum absolute atomic E-state index is 0.0441. The highest BCUT2D eigenvalue weighted by Gasteiger charge is 2.21. The van der Waals surface area contributed by atoms with E-state index in [1.165, 1.54) is 16.8 Å². The Bertz CT molecular complexity index is 1770. The van der Waals surface area contributed by atoms with Crippen molar-refractivity contribution in [3.63, 3.8) is 0 Å². The number of halogens is 1. The average Bonchev–Trinajstić information content (AvgIpc) is 3.40. The summed E-state index contributed by atoms with van der Waals surface area (Å²) in [6, 6.07) is 19.1. The van der Waals surface area contributed by atoms with Gasteiger partial charge >= 0.3 is 5.97 Å². The van der Waals surface area contributed by atoms with Crippen molar-refractivity contribution in [3.8, 4) is 22.5 Å². The van der Waals surface area contributed by atoms with Crippen LogP contribution in [0.2, 0.25) is 0 Å². The number of rotatable bonds is 7. The first kappa shape index (κ1) is 27.2. The fraction of sp³-hybridized carbons (Fsp3) is 0.219. The second-order valence-corrected chi connectivity index (χ2v) is 10.3. The minimum Gasteiger partial charge on any atom is -0.459 e. The predicted molar refractivity (Wildman–Crippen MR) is 157 cm³/mol. The number of fused-ring (bicyclic) bond motifs is 1. The van der Waals surface area contributed by atoms with Gasteiger partial charge < -0.3 is 15.4 Å². The lowest BCUT2D eigenvalue weighted by molar-refractivity contribution is -0.116. The normalized spacial score (nSPS) is 13.7. The summed E-state index contributed by atoms with van der Waals surface area (Å²) in [6.07, 6.45) is 4.72. The van der Waals surface area contributed by atoms with E-state index in [-0.39, 0.29) is 23.9 Å². The van der Waals surface area contributed by atoms with Crippen molar-refractivity contribution < 1.29 is 18.7 Å². The average molecular weight is 565 g/mol. The molecule has 1 aliphatic rings. The number of carbonyl (C=O) groups is 2. The Labute approximate surface area is 241 Å². The Kier molecular flexibility index (Phi) is 7.70. The molecule has 0 spiro atoms. The SMILES string of the molecule is Cc1cccc(-c2nn(CC(=O)Nc3cc(F)cc(C(=O)OC4CCNCC4)c3)cc2-c2ccnc3ccccc23)n1. The number of benzene rings is 2. The number of pyridine rings is 2. The minimum atomic E-state index is -0.649. The fourth-order valence-electron chi connectivity index (χ4n) is 5.15. The second kappa shape index (κ2) is 11.9. The van der Waals surface area contributed by atoms with Crippen LogP contribution in [0.25, 0.3) is 33.4 Å².